The second-order valence-electron chi connectivity index (χ2n) is 7.62. The summed E-state index contributed by atoms with van der Waals surface area (Å²) in [7, 11) is -4.18. The first-order valence-electron chi connectivity index (χ1n) is 10.2. The van der Waals surface area contributed by atoms with E-state index in [1.54, 1.807) is 0 Å². The second kappa shape index (κ2) is 9.11. The third kappa shape index (κ3) is 4.43. The number of sulfonamides is 1. The molecule has 0 amide bonds. The molecule has 1 fully saturated rings. The molecular formula is C21H20N6O6S. The molecule has 1 aliphatic heterocycles. The zero-order valence-corrected chi connectivity index (χ0v) is 18.9. The van der Waals surface area contributed by atoms with Gasteiger partial charge in [-0.1, -0.05) is 30.3 Å². The Morgan fingerprint density at radius 1 is 0.882 bits per heavy atom. The lowest BCUT2D eigenvalue weighted by Gasteiger charge is -2.34. The van der Waals surface area contributed by atoms with Gasteiger partial charge in [-0.05, 0) is 6.92 Å². The van der Waals surface area contributed by atoms with E-state index in [1.165, 1.54) is 17.6 Å². The lowest BCUT2D eigenvalue weighted by molar-refractivity contribution is -0.395. The minimum absolute atomic E-state index is 0.0858. The van der Waals surface area contributed by atoms with E-state index in [2.05, 4.69) is 9.97 Å². The molecule has 2 aromatic carbocycles. The quantitative estimate of drug-likeness (QED) is 0.379. The van der Waals surface area contributed by atoms with E-state index in [0.29, 0.717) is 18.9 Å². The van der Waals surface area contributed by atoms with E-state index in [9.17, 15) is 28.6 Å². The lowest BCUT2D eigenvalue weighted by Crippen LogP contribution is -2.49. The van der Waals surface area contributed by atoms with Gasteiger partial charge in [0.25, 0.3) is 11.4 Å². The fraction of sp³-hybridized carbons (Fsp3) is 0.238. The van der Waals surface area contributed by atoms with Gasteiger partial charge in [0, 0.05) is 49.9 Å². The molecule has 2 heterocycles. The Bertz CT molecular complexity index is 1320. The maximum Gasteiger partial charge on any atom is 0.280 e. The van der Waals surface area contributed by atoms with Crippen molar-refractivity contribution in [2.45, 2.75) is 11.8 Å². The fourth-order valence-electron chi connectivity index (χ4n) is 3.78. The summed E-state index contributed by atoms with van der Waals surface area (Å²) >= 11 is 0. The summed E-state index contributed by atoms with van der Waals surface area (Å²) in [6, 6.07) is 13.1. The van der Waals surface area contributed by atoms with Gasteiger partial charge in [-0.25, -0.2) is 18.4 Å². The molecule has 3 aromatic rings. The van der Waals surface area contributed by atoms with Gasteiger partial charge in [0.15, 0.2) is 0 Å². The third-order valence-corrected chi connectivity index (χ3v) is 7.52. The van der Waals surface area contributed by atoms with Crippen molar-refractivity contribution in [3.8, 4) is 11.3 Å². The number of hydrogen-bond donors (Lipinski definition) is 0. The van der Waals surface area contributed by atoms with Crippen molar-refractivity contribution < 1.29 is 18.3 Å². The number of anilines is 1. The molecule has 1 saturated heterocycles. The second-order valence-corrected chi connectivity index (χ2v) is 9.56. The average Bonchev–Trinajstić information content (AvgIpc) is 2.84. The van der Waals surface area contributed by atoms with Gasteiger partial charge in [-0.2, -0.15) is 4.31 Å². The van der Waals surface area contributed by atoms with E-state index >= 15 is 0 Å². The van der Waals surface area contributed by atoms with E-state index in [0.717, 1.165) is 23.4 Å². The predicted molar refractivity (Wildman–Crippen MR) is 123 cm³/mol. The first-order chi connectivity index (χ1) is 16.2. The summed E-state index contributed by atoms with van der Waals surface area (Å²) in [6.07, 6.45) is 1.45. The molecule has 34 heavy (non-hydrogen) atoms. The van der Waals surface area contributed by atoms with Crippen LogP contribution in [-0.4, -0.2) is 58.7 Å². The van der Waals surface area contributed by atoms with Crippen molar-refractivity contribution in [2.24, 2.45) is 0 Å². The number of aromatic nitrogens is 2. The molecule has 1 aromatic heterocycles. The number of rotatable bonds is 6. The highest BCUT2D eigenvalue weighted by molar-refractivity contribution is 7.89. The van der Waals surface area contributed by atoms with Crippen molar-refractivity contribution in [1.82, 2.24) is 14.3 Å². The van der Waals surface area contributed by atoms with E-state index in [1.807, 2.05) is 41.3 Å². The summed E-state index contributed by atoms with van der Waals surface area (Å²) < 4.78 is 27.5. The van der Waals surface area contributed by atoms with Crippen LogP contribution in [0.3, 0.4) is 0 Å². The number of piperazine rings is 1. The molecule has 0 N–H and O–H groups in total. The Labute approximate surface area is 194 Å². The van der Waals surface area contributed by atoms with Crippen molar-refractivity contribution in [3.05, 3.63) is 80.7 Å². The van der Waals surface area contributed by atoms with E-state index < -0.39 is 36.1 Å². The summed E-state index contributed by atoms with van der Waals surface area (Å²) in [4.78, 5) is 31.1. The highest BCUT2D eigenvalue weighted by Crippen LogP contribution is 2.33. The fourth-order valence-corrected chi connectivity index (χ4v) is 5.24. The molecular weight excluding hydrogens is 464 g/mol. The maximum absolute atomic E-state index is 13.2. The van der Waals surface area contributed by atoms with Crippen molar-refractivity contribution in [3.63, 3.8) is 0 Å². The highest BCUT2D eigenvalue weighted by atomic mass is 32.2. The Morgan fingerprint density at radius 3 is 2.03 bits per heavy atom. The van der Waals surface area contributed by atoms with Crippen LogP contribution in [0.2, 0.25) is 0 Å². The molecule has 176 valence electrons. The van der Waals surface area contributed by atoms with Crippen molar-refractivity contribution in [2.75, 3.05) is 31.1 Å². The zero-order valence-electron chi connectivity index (χ0n) is 18.1. The monoisotopic (exact) mass is 484 g/mol. The summed E-state index contributed by atoms with van der Waals surface area (Å²) in [5.41, 5.74) is 0.244. The van der Waals surface area contributed by atoms with Gasteiger partial charge < -0.3 is 4.90 Å². The molecule has 0 saturated carbocycles. The molecule has 0 unspecified atom stereocenters. The SMILES string of the molecule is Cc1c([N+](=O)[O-])cc(S(=O)(=O)N2CCN(c3cc(-c4ccccc4)ncn3)CC2)cc1[N+](=O)[O-]. The first-order valence-corrected chi connectivity index (χ1v) is 11.7. The minimum atomic E-state index is -4.18. The molecule has 0 spiro atoms. The molecule has 4 rings (SSSR count). The number of nitrogens with zero attached hydrogens (tertiary/aromatic N) is 6. The number of benzene rings is 2. The number of nitro benzene ring substituents is 2. The van der Waals surface area contributed by atoms with Gasteiger partial charge in [0.1, 0.15) is 17.7 Å². The third-order valence-electron chi connectivity index (χ3n) is 5.64. The molecule has 13 heteroatoms. The summed E-state index contributed by atoms with van der Waals surface area (Å²) in [5, 5.41) is 22.7. The predicted octanol–water partition coefficient (Wildman–Crippen LogP) is 2.78. The largest absolute Gasteiger partial charge is 0.354 e. The highest BCUT2D eigenvalue weighted by Gasteiger charge is 2.33. The van der Waals surface area contributed by atoms with E-state index in [4.69, 9.17) is 0 Å². The van der Waals surface area contributed by atoms with Crippen LogP contribution in [-0.2, 0) is 10.0 Å². The Kier molecular flexibility index (Phi) is 6.22. The van der Waals surface area contributed by atoms with Crippen LogP contribution in [0.4, 0.5) is 17.2 Å². The molecule has 12 nitrogen and oxygen atoms in total. The Hall–Kier alpha value is -3.97. The van der Waals surface area contributed by atoms with Crippen LogP contribution >= 0.6 is 0 Å². The lowest BCUT2D eigenvalue weighted by atomic mass is 10.1. The van der Waals surface area contributed by atoms with Crippen LogP contribution in [0.5, 0.6) is 0 Å². The van der Waals surface area contributed by atoms with Crippen molar-refractivity contribution >= 4 is 27.2 Å². The van der Waals surface area contributed by atoms with Crippen LogP contribution in [0.15, 0.2) is 59.8 Å². The summed E-state index contributed by atoms with van der Waals surface area (Å²) in [5.74, 6) is 0.646. The van der Waals surface area contributed by atoms with E-state index in [-0.39, 0.29) is 18.7 Å². The van der Waals surface area contributed by atoms with Crippen molar-refractivity contribution in [1.29, 1.82) is 0 Å². The average molecular weight is 484 g/mol. The van der Waals surface area contributed by atoms with Gasteiger partial charge in [0.05, 0.1) is 20.4 Å². The molecule has 0 aliphatic carbocycles. The van der Waals surface area contributed by atoms with Crippen LogP contribution in [0.25, 0.3) is 11.3 Å². The number of hydrogen-bond acceptors (Lipinski definition) is 9. The Balaban J connectivity index is 1.56. The smallest absolute Gasteiger partial charge is 0.280 e. The van der Waals surface area contributed by atoms with Crippen LogP contribution in [0, 0.1) is 27.2 Å². The van der Waals surface area contributed by atoms with Gasteiger partial charge in [-0.3, -0.25) is 20.2 Å². The topological polar surface area (TPSA) is 153 Å². The van der Waals surface area contributed by atoms with Gasteiger partial charge >= 0.3 is 0 Å². The van der Waals surface area contributed by atoms with Gasteiger partial charge in [0.2, 0.25) is 10.0 Å². The molecule has 0 radical (unpaired) electrons. The summed E-state index contributed by atoms with van der Waals surface area (Å²) in [6.45, 7) is 2.03. The standard InChI is InChI=1S/C21H20N6O6S/c1-15-19(26(28)29)11-17(12-20(15)27(30)31)34(32,33)25-9-7-24(8-10-25)21-13-18(22-14-23-21)16-5-3-2-4-6-16/h2-6,11-14H,7-10H2,1H3. The Morgan fingerprint density at radius 2 is 1.47 bits per heavy atom. The molecule has 0 bridgehead atoms. The number of nitro groups is 2. The minimum Gasteiger partial charge on any atom is -0.354 e. The zero-order chi connectivity index (χ0) is 24.5. The van der Waals surface area contributed by atoms with Crippen LogP contribution < -0.4 is 4.90 Å². The first kappa shape index (κ1) is 23.2. The van der Waals surface area contributed by atoms with Gasteiger partial charge in [-0.15, -0.1) is 0 Å². The van der Waals surface area contributed by atoms with Crippen LogP contribution in [0.1, 0.15) is 5.56 Å². The maximum atomic E-state index is 13.2. The molecule has 1 aliphatic rings. The normalized spacial score (nSPS) is 14.7. The molecule has 0 atom stereocenters.